The number of carbonyl (C=O) groups is 1. The van der Waals surface area contributed by atoms with E-state index in [-0.39, 0.29) is 16.4 Å². The highest BCUT2D eigenvalue weighted by atomic mass is 127. The molecule has 2 N–H and O–H groups in total. The molecule has 1 aliphatic rings. The molecule has 0 aliphatic carbocycles. The van der Waals surface area contributed by atoms with E-state index in [1.54, 1.807) is 6.07 Å². The maximum absolute atomic E-state index is 12.8. The number of ether oxygens (including phenoxy) is 1. The standard InChI is InChI=1S/C18H17IN4O4S/c19-14-3-1-2-4-15(14)20-18(28)21-17(24)13-11-12(23(25)26)5-6-16(13)22-7-9-27-10-8-22/h1-6,11H,7-10H2,(H2,20,21,24,28). The van der Waals surface area contributed by atoms with Crippen LogP contribution in [-0.4, -0.2) is 42.2 Å². The molecule has 0 atom stereocenters. The number of nitrogens with one attached hydrogen (secondary N) is 2. The van der Waals surface area contributed by atoms with E-state index in [2.05, 4.69) is 33.2 Å². The molecule has 2 aromatic carbocycles. The molecule has 1 fully saturated rings. The number of hydrogen-bond donors (Lipinski definition) is 2. The van der Waals surface area contributed by atoms with Crippen molar-refractivity contribution in [2.24, 2.45) is 0 Å². The van der Waals surface area contributed by atoms with Gasteiger partial charge in [-0.1, -0.05) is 12.1 Å². The fourth-order valence-electron chi connectivity index (χ4n) is 2.79. The van der Waals surface area contributed by atoms with Crippen LogP contribution in [0.5, 0.6) is 0 Å². The number of halogens is 1. The normalized spacial score (nSPS) is 13.7. The van der Waals surface area contributed by atoms with E-state index in [1.165, 1.54) is 12.1 Å². The fourth-order valence-corrected chi connectivity index (χ4v) is 3.51. The number of non-ortho nitro benzene ring substituents is 1. The van der Waals surface area contributed by atoms with Gasteiger partial charge in [0.05, 0.1) is 35.1 Å². The first-order valence-corrected chi connectivity index (χ1v) is 9.92. The van der Waals surface area contributed by atoms with E-state index in [0.717, 1.165) is 9.26 Å². The number of anilines is 2. The maximum Gasteiger partial charge on any atom is 0.270 e. The molecule has 3 rings (SSSR count). The molecule has 0 aromatic heterocycles. The highest BCUT2D eigenvalue weighted by Gasteiger charge is 2.22. The molecule has 0 saturated carbocycles. The second-order valence-corrected chi connectivity index (χ2v) is 7.52. The van der Waals surface area contributed by atoms with E-state index in [0.29, 0.717) is 32.0 Å². The first-order valence-electron chi connectivity index (χ1n) is 8.43. The summed E-state index contributed by atoms with van der Waals surface area (Å²) in [5.74, 6) is -0.506. The quantitative estimate of drug-likeness (QED) is 0.281. The van der Waals surface area contributed by atoms with Crippen LogP contribution in [0.3, 0.4) is 0 Å². The summed E-state index contributed by atoms with van der Waals surface area (Å²) in [4.78, 5) is 25.5. The summed E-state index contributed by atoms with van der Waals surface area (Å²) in [6, 6.07) is 11.8. The molecule has 0 spiro atoms. The number of carbonyl (C=O) groups excluding carboxylic acids is 1. The van der Waals surface area contributed by atoms with Gasteiger partial charge in [0.25, 0.3) is 11.6 Å². The molecule has 10 heteroatoms. The zero-order valence-electron chi connectivity index (χ0n) is 14.7. The van der Waals surface area contributed by atoms with Gasteiger partial charge in [0.2, 0.25) is 0 Å². The van der Waals surface area contributed by atoms with Crippen molar-refractivity contribution in [1.29, 1.82) is 0 Å². The number of morpholine rings is 1. The Morgan fingerprint density at radius 2 is 1.93 bits per heavy atom. The number of amides is 1. The second-order valence-electron chi connectivity index (χ2n) is 5.95. The van der Waals surface area contributed by atoms with Crippen molar-refractivity contribution in [3.05, 3.63) is 61.7 Å². The van der Waals surface area contributed by atoms with Crippen LogP contribution in [-0.2, 0) is 4.74 Å². The third-order valence-corrected chi connectivity index (χ3v) is 5.28. The Hall–Kier alpha value is -2.31. The molecule has 1 heterocycles. The lowest BCUT2D eigenvalue weighted by Crippen LogP contribution is -2.39. The van der Waals surface area contributed by atoms with Crippen LogP contribution in [0.2, 0.25) is 0 Å². The predicted octanol–water partition coefficient (Wildman–Crippen LogP) is 3.16. The summed E-state index contributed by atoms with van der Waals surface area (Å²) in [6.45, 7) is 2.26. The number of nitrogens with zero attached hydrogens (tertiary/aromatic N) is 2. The minimum absolute atomic E-state index is 0.119. The topological polar surface area (TPSA) is 96.7 Å². The maximum atomic E-state index is 12.8. The van der Waals surface area contributed by atoms with Gasteiger partial charge < -0.3 is 15.0 Å². The van der Waals surface area contributed by atoms with E-state index < -0.39 is 10.8 Å². The van der Waals surface area contributed by atoms with Gasteiger partial charge >= 0.3 is 0 Å². The van der Waals surface area contributed by atoms with Gasteiger partial charge in [0, 0.05) is 28.8 Å². The van der Waals surface area contributed by atoms with Crippen molar-refractivity contribution in [2.45, 2.75) is 0 Å². The van der Waals surface area contributed by atoms with Crippen LogP contribution in [0.25, 0.3) is 0 Å². The van der Waals surface area contributed by atoms with Gasteiger partial charge in [-0.2, -0.15) is 0 Å². The average Bonchev–Trinajstić information content (AvgIpc) is 2.70. The fraction of sp³-hybridized carbons (Fsp3) is 0.222. The smallest absolute Gasteiger partial charge is 0.270 e. The predicted molar refractivity (Wildman–Crippen MR) is 119 cm³/mol. The third-order valence-electron chi connectivity index (χ3n) is 4.14. The van der Waals surface area contributed by atoms with Gasteiger partial charge in [-0.05, 0) is 53.0 Å². The minimum atomic E-state index is -0.525. The van der Waals surface area contributed by atoms with Crippen molar-refractivity contribution in [1.82, 2.24) is 5.32 Å². The summed E-state index contributed by atoms with van der Waals surface area (Å²) in [5, 5.41) is 16.9. The third kappa shape index (κ3) is 4.94. The van der Waals surface area contributed by atoms with E-state index in [1.807, 2.05) is 29.2 Å². The highest BCUT2D eigenvalue weighted by molar-refractivity contribution is 14.1. The molecule has 1 amide bonds. The number of thiocarbonyl (C=S) groups is 1. The molecule has 0 unspecified atom stereocenters. The van der Waals surface area contributed by atoms with Gasteiger partial charge in [-0.15, -0.1) is 0 Å². The van der Waals surface area contributed by atoms with Gasteiger partial charge in [0.1, 0.15) is 0 Å². The Kier molecular flexibility index (Phi) is 6.75. The zero-order valence-corrected chi connectivity index (χ0v) is 17.7. The Morgan fingerprint density at radius 3 is 2.61 bits per heavy atom. The van der Waals surface area contributed by atoms with Crippen molar-refractivity contribution in [3.63, 3.8) is 0 Å². The summed E-state index contributed by atoms with van der Waals surface area (Å²) in [5.41, 5.74) is 1.42. The Labute approximate surface area is 180 Å². The molecule has 8 nitrogen and oxygen atoms in total. The zero-order chi connectivity index (χ0) is 20.1. The van der Waals surface area contributed by atoms with Crippen LogP contribution in [0.15, 0.2) is 42.5 Å². The first kappa shape index (κ1) is 20.4. The molecule has 0 bridgehead atoms. The molecular formula is C18H17IN4O4S. The second kappa shape index (κ2) is 9.26. The lowest BCUT2D eigenvalue weighted by atomic mass is 10.1. The van der Waals surface area contributed by atoms with Gasteiger partial charge in [0.15, 0.2) is 5.11 Å². The van der Waals surface area contributed by atoms with Crippen LogP contribution in [0.1, 0.15) is 10.4 Å². The SMILES string of the molecule is O=C(NC(=S)Nc1ccccc1I)c1cc([N+](=O)[O-])ccc1N1CCOCC1. The molecular weight excluding hydrogens is 495 g/mol. The lowest BCUT2D eigenvalue weighted by Gasteiger charge is -2.30. The highest BCUT2D eigenvalue weighted by Crippen LogP contribution is 2.26. The minimum Gasteiger partial charge on any atom is -0.378 e. The molecule has 0 radical (unpaired) electrons. The Bertz CT molecular complexity index is 918. The number of nitro groups is 1. The summed E-state index contributed by atoms with van der Waals surface area (Å²) < 4.78 is 6.29. The Morgan fingerprint density at radius 1 is 1.21 bits per heavy atom. The van der Waals surface area contributed by atoms with Crippen molar-refractivity contribution >= 4 is 62.9 Å². The average molecular weight is 512 g/mol. The monoisotopic (exact) mass is 512 g/mol. The summed E-state index contributed by atoms with van der Waals surface area (Å²) >= 11 is 7.40. The molecule has 2 aromatic rings. The number of benzene rings is 2. The van der Waals surface area contributed by atoms with Gasteiger partial charge in [-0.3, -0.25) is 20.2 Å². The Balaban J connectivity index is 1.82. The van der Waals surface area contributed by atoms with E-state index in [4.69, 9.17) is 17.0 Å². The van der Waals surface area contributed by atoms with Crippen LogP contribution in [0.4, 0.5) is 17.1 Å². The summed E-state index contributed by atoms with van der Waals surface area (Å²) in [6.07, 6.45) is 0. The van der Waals surface area contributed by atoms with E-state index in [9.17, 15) is 14.9 Å². The van der Waals surface area contributed by atoms with Crippen molar-refractivity contribution in [3.8, 4) is 0 Å². The number of rotatable bonds is 4. The largest absolute Gasteiger partial charge is 0.378 e. The van der Waals surface area contributed by atoms with Gasteiger partial charge in [-0.25, -0.2) is 0 Å². The molecule has 1 saturated heterocycles. The van der Waals surface area contributed by atoms with E-state index >= 15 is 0 Å². The molecule has 1 aliphatic heterocycles. The summed E-state index contributed by atoms with van der Waals surface area (Å²) in [7, 11) is 0. The van der Waals surface area contributed by atoms with Crippen LogP contribution >= 0.6 is 34.8 Å². The van der Waals surface area contributed by atoms with Crippen molar-refractivity contribution < 1.29 is 14.5 Å². The lowest BCUT2D eigenvalue weighted by molar-refractivity contribution is -0.384. The van der Waals surface area contributed by atoms with Crippen molar-refractivity contribution in [2.75, 3.05) is 36.5 Å². The molecule has 28 heavy (non-hydrogen) atoms. The van der Waals surface area contributed by atoms with Crippen LogP contribution < -0.4 is 15.5 Å². The van der Waals surface area contributed by atoms with Crippen LogP contribution in [0, 0.1) is 13.7 Å². The number of nitro benzene ring substituents is 1. The first-order chi connectivity index (χ1) is 13.5. The molecule has 146 valence electrons. The number of hydrogen-bond acceptors (Lipinski definition) is 6. The number of para-hydroxylation sites is 1.